The van der Waals surface area contributed by atoms with Gasteiger partial charge in [-0.25, -0.2) is 13.6 Å². The summed E-state index contributed by atoms with van der Waals surface area (Å²) in [5, 5.41) is 0. The number of nitrogens with two attached hydrogens (primary N) is 1. The number of ether oxygens (including phenoxy) is 1. The summed E-state index contributed by atoms with van der Waals surface area (Å²) in [6, 6.07) is 0. The maximum atomic E-state index is 12.7. The van der Waals surface area contributed by atoms with Crippen molar-refractivity contribution in [3.8, 4) is 0 Å². The van der Waals surface area contributed by atoms with Crippen LogP contribution in [0.3, 0.4) is 0 Å². The van der Waals surface area contributed by atoms with Gasteiger partial charge >= 0.3 is 6.09 Å². The van der Waals surface area contributed by atoms with Gasteiger partial charge in [-0.3, -0.25) is 0 Å². The second kappa shape index (κ2) is 5.16. The van der Waals surface area contributed by atoms with Crippen LogP contribution in [0, 0.1) is 11.8 Å². The molecule has 2 atom stereocenters. The van der Waals surface area contributed by atoms with Crippen molar-refractivity contribution in [2.75, 3.05) is 19.6 Å². The van der Waals surface area contributed by atoms with Crippen LogP contribution in [0.4, 0.5) is 13.6 Å². The molecule has 0 aromatic carbocycles. The summed E-state index contributed by atoms with van der Waals surface area (Å²) in [5.74, 6) is -1.19. The van der Waals surface area contributed by atoms with E-state index >= 15 is 0 Å². The van der Waals surface area contributed by atoms with Crippen molar-refractivity contribution in [1.82, 2.24) is 4.90 Å². The Hall–Kier alpha value is -0.910. The normalized spacial score (nSPS) is 25.5. The highest BCUT2D eigenvalue weighted by molar-refractivity contribution is 5.68. The Kier molecular flexibility index (Phi) is 4.30. The predicted molar refractivity (Wildman–Crippen MR) is 59.8 cm³/mol. The van der Waals surface area contributed by atoms with Crippen molar-refractivity contribution < 1.29 is 18.3 Å². The minimum Gasteiger partial charge on any atom is -0.444 e. The molecule has 0 aromatic heterocycles. The van der Waals surface area contributed by atoms with E-state index in [0.717, 1.165) is 0 Å². The smallest absolute Gasteiger partial charge is 0.410 e. The van der Waals surface area contributed by atoms with Crippen molar-refractivity contribution in [1.29, 1.82) is 0 Å². The average molecular weight is 250 g/mol. The monoisotopic (exact) mass is 250 g/mol. The van der Waals surface area contributed by atoms with Crippen LogP contribution in [0.25, 0.3) is 0 Å². The summed E-state index contributed by atoms with van der Waals surface area (Å²) in [4.78, 5) is 13.0. The number of hydrogen-bond donors (Lipinski definition) is 1. The Morgan fingerprint density at radius 3 is 2.41 bits per heavy atom. The van der Waals surface area contributed by atoms with Gasteiger partial charge in [-0.05, 0) is 33.2 Å². The number of amides is 1. The molecule has 0 saturated carbocycles. The second-order valence-electron chi connectivity index (χ2n) is 5.38. The highest BCUT2D eigenvalue weighted by Crippen LogP contribution is 2.29. The number of carbonyl (C=O) groups is 1. The van der Waals surface area contributed by atoms with Crippen molar-refractivity contribution in [2.45, 2.75) is 32.8 Å². The zero-order chi connectivity index (χ0) is 13.2. The fourth-order valence-corrected chi connectivity index (χ4v) is 1.91. The van der Waals surface area contributed by atoms with Crippen LogP contribution >= 0.6 is 0 Å². The first-order valence-electron chi connectivity index (χ1n) is 5.70. The van der Waals surface area contributed by atoms with Gasteiger partial charge in [0.05, 0.1) is 0 Å². The molecule has 1 amide bonds. The van der Waals surface area contributed by atoms with Crippen molar-refractivity contribution >= 4 is 6.09 Å². The largest absolute Gasteiger partial charge is 0.444 e. The lowest BCUT2D eigenvalue weighted by atomic mass is 9.97. The third kappa shape index (κ3) is 3.80. The maximum Gasteiger partial charge on any atom is 0.410 e. The van der Waals surface area contributed by atoms with Crippen molar-refractivity contribution in [3.05, 3.63) is 0 Å². The summed E-state index contributed by atoms with van der Waals surface area (Å²) in [6.45, 7) is 5.66. The lowest BCUT2D eigenvalue weighted by Gasteiger charge is -2.24. The zero-order valence-electron chi connectivity index (χ0n) is 10.5. The third-order valence-corrected chi connectivity index (χ3v) is 2.77. The van der Waals surface area contributed by atoms with Crippen LogP contribution in [-0.4, -0.2) is 42.7 Å². The summed E-state index contributed by atoms with van der Waals surface area (Å²) in [7, 11) is 0. The van der Waals surface area contributed by atoms with Crippen molar-refractivity contribution in [3.63, 3.8) is 0 Å². The summed E-state index contributed by atoms with van der Waals surface area (Å²) in [5.41, 5.74) is 4.83. The first-order valence-corrected chi connectivity index (χ1v) is 5.70. The van der Waals surface area contributed by atoms with E-state index in [1.165, 1.54) is 4.90 Å². The van der Waals surface area contributed by atoms with E-state index in [1.54, 1.807) is 20.8 Å². The molecule has 1 heterocycles. The van der Waals surface area contributed by atoms with Crippen LogP contribution in [0.5, 0.6) is 0 Å². The SMILES string of the molecule is CC(C)(C)OC(=O)N1C[C@@H](CN)[C@H](C(F)F)C1. The molecular formula is C11H20F2N2O2. The van der Waals surface area contributed by atoms with E-state index in [1.807, 2.05) is 0 Å². The summed E-state index contributed by atoms with van der Waals surface area (Å²) < 4.78 is 30.6. The van der Waals surface area contributed by atoms with Crippen LogP contribution in [0.1, 0.15) is 20.8 Å². The molecular weight excluding hydrogens is 230 g/mol. The van der Waals surface area contributed by atoms with E-state index in [2.05, 4.69) is 0 Å². The van der Waals surface area contributed by atoms with Gasteiger partial charge in [0.15, 0.2) is 0 Å². The number of carbonyl (C=O) groups excluding carboxylic acids is 1. The minimum atomic E-state index is -2.45. The highest BCUT2D eigenvalue weighted by Gasteiger charge is 2.40. The molecule has 0 spiro atoms. The Balaban J connectivity index is 2.61. The number of nitrogens with zero attached hydrogens (tertiary/aromatic N) is 1. The van der Waals surface area contributed by atoms with Gasteiger partial charge < -0.3 is 15.4 Å². The van der Waals surface area contributed by atoms with Gasteiger partial charge in [-0.15, -0.1) is 0 Å². The van der Waals surface area contributed by atoms with Gasteiger partial charge in [0.2, 0.25) is 6.43 Å². The van der Waals surface area contributed by atoms with E-state index in [9.17, 15) is 13.6 Å². The fourth-order valence-electron chi connectivity index (χ4n) is 1.91. The first kappa shape index (κ1) is 14.2. The number of likely N-dealkylation sites (tertiary alicyclic amines) is 1. The highest BCUT2D eigenvalue weighted by atomic mass is 19.3. The topological polar surface area (TPSA) is 55.6 Å². The van der Waals surface area contributed by atoms with E-state index < -0.39 is 24.0 Å². The summed E-state index contributed by atoms with van der Waals surface area (Å²) in [6.07, 6.45) is -2.99. The number of hydrogen-bond acceptors (Lipinski definition) is 3. The van der Waals surface area contributed by atoms with Crippen LogP contribution in [0.15, 0.2) is 0 Å². The Morgan fingerprint density at radius 2 is 2.06 bits per heavy atom. The van der Waals surface area contributed by atoms with Gasteiger partial charge in [0, 0.05) is 19.0 Å². The molecule has 0 radical (unpaired) electrons. The lowest BCUT2D eigenvalue weighted by molar-refractivity contribution is 0.0253. The van der Waals surface area contributed by atoms with Gasteiger partial charge in [-0.2, -0.15) is 0 Å². The van der Waals surface area contributed by atoms with Gasteiger partial charge in [0.25, 0.3) is 0 Å². The average Bonchev–Trinajstić information content (AvgIpc) is 2.58. The Labute approximate surface area is 100 Å². The molecule has 1 aliphatic heterocycles. The predicted octanol–water partition coefficient (Wildman–Crippen LogP) is 1.69. The first-order chi connectivity index (χ1) is 7.74. The molecule has 0 bridgehead atoms. The molecule has 1 saturated heterocycles. The maximum absolute atomic E-state index is 12.7. The van der Waals surface area contributed by atoms with E-state index in [4.69, 9.17) is 10.5 Å². The molecule has 1 fully saturated rings. The molecule has 0 unspecified atom stereocenters. The molecule has 4 nitrogen and oxygen atoms in total. The minimum absolute atomic E-state index is 0.0223. The molecule has 0 aromatic rings. The lowest BCUT2D eigenvalue weighted by Crippen LogP contribution is -2.36. The van der Waals surface area contributed by atoms with E-state index in [-0.39, 0.29) is 25.6 Å². The third-order valence-electron chi connectivity index (χ3n) is 2.77. The quantitative estimate of drug-likeness (QED) is 0.811. The van der Waals surface area contributed by atoms with Crippen LogP contribution in [-0.2, 0) is 4.74 Å². The molecule has 1 rings (SSSR count). The molecule has 100 valence electrons. The molecule has 6 heteroatoms. The Bertz CT molecular complexity index is 279. The van der Waals surface area contributed by atoms with E-state index in [0.29, 0.717) is 0 Å². The standard InChI is InChI=1S/C11H20F2N2O2/c1-11(2,3)17-10(16)15-5-7(4-14)8(6-15)9(12)13/h7-9H,4-6,14H2,1-3H3/t7-,8-/m1/s1. The Morgan fingerprint density at radius 1 is 1.47 bits per heavy atom. The van der Waals surface area contributed by atoms with Crippen molar-refractivity contribution in [2.24, 2.45) is 17.6 Å². The number of alkyl halides is 2. The molecule has 17 heavy (non-hydrogen) atoms. The molecule has 2 N–H and O–H groups in total. The van der Waals surface area contributed by atoms with Gasteiger partial charge in [0.1, 0.15) is 5.60 Å². The van der Waals surface area contributed by atoms with Crippen LogP contribution < -0.4 is 5.73 Å². The molecule has 0 aliphatic carbocycles. The summed E-state index contributed by atoms with van der Waals surface area (Å²) >= 11 is 0. The van der Waals surface area contributed by atoms with Crippen LogP contribution in [0.2, 0.25) is 0 Å². The number of rotatable bonds is 2. The zero-order valence-corrected chi connectivity index (χ0v) is 10.5. The fraction of sp³-hybridized carbons (Fsp3) is 0.909. The number of halogens is 2. The van der Waals surface area contributed by atoms with Gasteiger partial charge in [-0.1, -0.05) is 0 Å². The molecule has 1 aliphatic rings. The second-order valence-corrected chi connectivity index (χ2v) is 5.38.